The lowest BCUT2D eigenvalue weighted by atomic mass is 10.0. The first-order valence-electron chi connectivity index (χ1n) is 17.4. The van der Waals surface area contributed by atoms with E-state index in [1.165, 1.54) is 12.1 Å². The van der Waals surface area contributed by atoms with E-state index < -0.39 is 53.6 Å². The number of hydrazine groups is 1. The molecule has 0 aliphatic rings. The predicted molar refractivity (Wildman–Crippen MR) is 193 cm³/mol. The van der Waals surface area contributed by atoms with E-state index in [1.54, 1.807) is 46.8 Å². The van der Waals surface area contributed by atoms with Gasteiger partial charge in [-0.25, -0.2) is 15.0 Å². The summed E-state index contributed by atoms with van der Waals surface area (Å²) < 4.78 is 10.6. The van der Waals surface area contributed by atoms with Crippen molar-refractivity contribution in [3.63, 3.8) is 0 Å². The van der Waals surface area contributed by atoms with Gasteiger partial charge in [0.25, 0.3) is 5.91 Å². The maximum absolute atomic E-state index is 13.7. The van der Waals surface area contributed by atoms with Crippen LogP contribution in [0, 0.1) is 11.8 Å². The Morgan fingerprint density at radius 2 is 1.39 bits per heavy atom. The molecule has 0 unspecified atom stereocenters. The van der Waals surface area contributed by atoms with Crippen LogP contribution in [0.4, 0.5) is 9.59 Å². The lowest BCUT2D eigenvalue weighted by Crippen LogP contribution is -2.58. The van der Waals surface area contributed by atoms with Gasteiger partial charge in [0.15, 0.2) is 0 Å². The van der Waals surface area contributed by atoms with Crippen molar-refractivity contribution in [2.75, 3.05) is 6.54 Å². The molecular formula is C37H56N6O8. The van der Waals surface area contributed by atoms with Gasteiger partial charge in [0, 0.05) is 13.1 Å². The molecule has 51 heavy (non-hydrogen) atoms. The van der Waals surface area contributed by atoms with Crippen LogP contribution in [0.1, 0.15) is 85.3 Å². The third-order valence-electron chi connectivity index (χ3n) is 7.44. The molecule has 0 fully saturated rings. The number of alkyl carbamates (subject to hydrolysis) is 2. The van der Waals surface area contributed by atoms with E-state index in [0.717, 1.165) is 11.1 Å². The van der Waals surface area contributed by atoms with Crippen molar-refractivity contribution in [2.45, 2.75) is 111 Å². The van der Waals surface area contributed by atoms with E-state index in [0.29, 0.717) is 19.3 Å². The smallest absolute Gasteiger partial charge is 0.408 e. The average Bonchev–Trinajstić information content (AvgIpc) is 3.05. The molecule has 14 nitrogen and oxygen atoms in total. The molecule has 0 saturated heterocycles. The van der Waals surface area contributed by atoms with E-state index in [-0.39, 0.29) is 43.7 Å². The number of amides is 5. The van der Waals surface area contributed by atoms with Crippen LogP contribution in [0.5, 0.6) is 5.75 Å². The number of benzene rings is 2. The van der Waals surface area contributed by atoms with E-state index in [4.69, 9.17) is 9.47 Å². The number of ether oxygens (including phenoxy) is 2. The molecule has 7 N–H and O–H groups in total. The highest BCUT2D eigenvalue weighted by Crippen LogP contribution is 2.12. The molecule has 14 heteroatoms. The second-order valence-corrected chi connectivity index (χ2v) is 14.1. The fraction of sp³-hybridized carbons (Fsp3) is 0.541. The number of rotatable bonds is 19. The van der Waals surface area contributed by atoms with Crippen LogP contribution >= 0.6 is 0 Å². The van der Waals surface area contributed by atoms with Crippen LogP contribution in [-0.4, -0.2) is 65.3 Å². The fourth-order valence-electron chi connectivity index (χ4n) is 4.85. The van der Waals surface area contributed by atoms with Crippen molar-refractivity contribution in [1.29, 1.82) is 0 Å². The standard InChI is InChI=1S/C37H56N6O8/c1-24(2)21-30(33(46)43-39-22-26-16-18-28(44)19-17-26)41-32(45)29(40-34(47)31(25(3)4)42-36(49)51-37(5,6)7)15-11-12-20-38-35(48)50-23-27-13-9-8-10-14-27/h8-10,13-14,16-19,24-25,29-31,39,44H,11-12,15,20-23H2,1-7H3,(H,38,48)(H,40,47)(H,41,45)(H,42,49)(H,43,46)/t29-,30-,31-/m0/s1. The number of hydrogen-bond acceptors (Lipinski definition) is 9. The first-order chi connectivity index (χ1) is 24.0. The lowest BCUT2D eigenvalue weighted by Gasteiger charge is -2.28. The molecule has 2 rings (SSSR count). The molecule has 3 atom stereocenters. The van der Waals surface area contributed by atoms with Gasteiger partial charge in [-0.1, -0.05) is 70.2 Å². The van der Waals surface area contributed by atoms with Crippen molar-refractivity contribution in [2.24, 2.45) is 11.8 Å². The van der Waals surface area contributed by atoms with Gasteiger partial charge in [-0.3, -0.25) is 19.8 Å². The number of carbonyl (C=O) groups excluding carboxylic acids is 5. The van der Waals surface area contributed by atoms with Crippen LogP contribution in [-0.2, 0) is 37.0 Å². The Morgan fingerprint density at radius 1 is 0.745 bits per heavy atom. The minimum atomic E-state index is -1.06. The maximum atomic E-state index is 13.7. The van der Waals surface area contributed by atoms with E-state index in [2.05, 4.69) is 32.1 Å². The van der Waals surface area contributed by atoms with Crippen LogP contribution in [0.15, 0.2) is 54.6 Å². The summed E-state index contributed by atoms with van der Waals surface area (Å²) in [6.45, 7) is 13.2. The average molecular weight is 713 g/mol. The second kappa shape index (κ2) is 21.4. The summed E-state index contributed by atoms with van der Waals surface area (Å²) >= 11 is 0. The molecule has 0 aliphatic heterocycles. The SMILES string of the molecule is CC(C)C[C@H](NC(=O)[C@H](CCCCNC(=O)OCc1ccccc1)NC(=O)[C@@H](NC(=O)OC(C)(C)C)C(C)C)C(=O)NNCc1ccc(O)cc1. The third kappa shape index (κ3) is 17.6. The lowest BCUT2D eigenvalue weighted by molar-refractivity contribution is -0.133. The zero-order valence-electron chi connectivity index (χ0n) is 30.8. The van der Waals surface area contributed by atoms with Gasteiger partial charge in [0.1, 0.15) is 36.1 Å². The first kappa shape index (κ1) is 42.3. The largest absolute Gasteiger partial charge is 0.508 e. The molecule has 0 spiro atoms. The zero-order chi connectivity index (χ0) is 38.0. The number of aromatic hydroxyl groups is 1. The van der Waals surface area contributed by atoms with E-state index in [9.17, 15) is 29.1 Å². The van der Waals surface area contributed by atoms with E-state index >= 15 is 0 Å². The minimum absolute atomic E-state index is 0.0438. The van der Waals surface area contributed by atoms with Crippen LogP contribution in [0.2, 0.25) is 0 Å². The number of carbonyl (C=O) groups is 5. The number of phenols is 1. The number of unbranched alkanes of at least 4 members (excludes halogenated alkanes) is 1. The molecule has 0 aliphatic carbocycles. The Balaban J connectivity index is 2.08. The van der Waals surface area contributed by atoms with Gasteiger partial charge in [-0.2, -0.15) is 0 Å². The molecule has 0 heterocycles. The van der Waals surface area contributed by atoms with Crippen molar-refractivity contribution in [3.05, 3.63) is 65.7 Å². The molecule has 5 amide bonds. The molecular weight excluding hydrogens is 656 g/mol. The Kier molecular flexibility index (Phi) is 17.7. The summed E-state index contributed by atoms with van der Waals surface area (Å²) in [6.07, 6.45) is 0.0690. The molecule has 282 valence electrons. The summed E-state index contributed by atoms with van der Waals surface area (Å²) in [4.78, 5) is 65.2. The van der Waals surface area contributed by atoms with Crippen molar-refractivity contribution < 1.29 is 38.6 Å². The van der Waals surface area contributed by atoms with Crippen LogP contribution in [0.25, 0.3) is 0 Å². The highest BCUT2D eigenvalue weighted by molar-refractivity contribution is 5.93. The van der Waals surface area contributed by atoms with Crippen LogP contribution < -0.4 is 32.1 Å². The summed E-state index contributed by atoms with van der Waals surface area (Å²) in [6, 6.07) is 12.8. The fourth-order valence-corrected chi connectivity index (χ4v) is 4.85. The maximum Gasteiger partial charge on any atom is 0.408 e. The van der Waals surface area contributed by atoms with Gasteiger partial charge < -0.3 is 35.8 Å². The van der Waals surface area contributed by atoms with Gasteiger partial charge in [-0.05, 0) is 81.5 Å². The first-order valence-corrected chi connectivity index (χ1v) is 17.4. The van der Waals surface area contributed by atoms with Crippen molar-refractivity contribution in [1.82, 2.24) is 32.1 Å². The highest BCUT2D eigenvalue weighted by atomic mass is 16.6. The van der Waals surface area contributed by atoms with Gasteiger partial charge >= 0.3 is 12.2 Å². The summed E-state index contributed by atoms with van der Waals surface area (Å²) in [7, 11) is 0. The summed E-state index contributed by atoms with van der Waals surface area (Å²) in [5.41, 5.74) is 6.38. The highest BCUT2D eigenvalue weighted by Gasteiger charge is 2.32. The predicted octanol–water partition coefficient (Wildman–Crippen LogP) is 4.17. The normalized spacial score (nSPS) is 13.0. The monoisotopic (exact) mass is 712 g/mol. The quantitative estimate of drug-likeness (QED) is 0.0826. The molecule has 0 radical (unpaired) electrons. The van der Waals surface area contributed by atoms with Crippen molar-refractivity contribution >= 4 is 29.9 Å². The third-order valence-corrected chi connectivity index (χ3v) is 7.44. The molecule has 2 aromatic carbocycles. The van der Waals surface area contributed by atoms with Crippen LogP contribution in [0.3, 0.4) is 0 Å². The summed E-state index contributed by atoms with van der Waals surface area (Å²) in [5.74, 6) is -1.79. The van der Waals surface area contributed by atoms with Gasteiger partial charge in [0.05, 0.1) is 0 Å². The zero-order valence-corrected chi connectivity index (χ0v) is 30.8. The van der Waals surface area contributed by atoms with Crippen molar-refractivity contribution in [3.8, 4) is 5.75 Å². The van der Waals surface area contributed by atoms with Gasteiger partial charge in [-0.15, -0.1) is 0 Å². The molecule has 2 aromatic rings. The Labute approximate surface area is 301 Å². The Hall–Kier alpha value is -4.85. The number of phenolic OH excluding ortho intramolecular Hbond substituents is 1. The van der Waals surface area contributed by atoms with Gasteiger partial charge in [0.2, 0.25) is 11.8 Å². The summed E-state index contributed by atoms with van der Waals surface area (Å²) in [5, 5.41) is 20.4. The number of nitrogens with one attached hydrogen (secondary N) is 6. The molecule has 0 aromatic heterocycles. The topological polar surface area (TPSA) is 196 Å². The second-order valence-electron chi connectivity index (χ2n) is 14.1. The molecule has 0 saturated carbocycles. The number of hydrogen-bond donors (Lipinski definition) is 7. The minimum Gasteiger partial charge on any atom is -0.508 e. The van der Waals surface area contributed by atoms with E-state index in [1.807, 2.05) is 44.2 Å². The Morgan fingerprint density at radius 3 is 2.00 bits per heavy atom. The molecule has 0 bridgehead atoms. The Bertz CT molecular complexity index is 1400.